The summed E-state index contributed by atoms with van der Waals surface area (Å²) in [5.74, 6) is 4.25. The predicted molar refractivity (Wildman–Crippen MR) is 67.7 cm³/mol. The molecule has 0 nitrogen and oxygen atoms in total. The molecule has 68 valence electrons. The summed E-state index contributed by atoms with van der Waals surface area (Å²) in [5.41, 5.74) is 0. The fraction of sp³-hybridized carbons (Fsp3) is 1.00. The zero-order valence-corrected chi connectivity index (χ0v) is 10.6. The minimum atomic E-state index is 0.917. The van der Waals surface area contributed by atoms with E-state index in [4.69, 9.17) is 0 Å². The summed E-state index contributed by atoms with van der Waals surface area (Å²) in [6, 6.07) is 0. The standard InChI is InChI=1S/C7H10S5/c1-4(8-1)5-3-10-12-7(11-5)6-2-9-6/h4-7H,1-3H2. The van der Waals surface area contributed by atoms with E-state index in [2.05, 4.69) is 56.9 Å². The lowest BCUT2D eigenvalue weighted by atomic mass is 10.4. The van der Waals surface area contributed by atoms with Gasteiger partial charge in [0.2, 0.25) is 0 Å². The minimum Gasteiger partial charge on any atom is -0.155 e. The van der Waals surface area contributed by atoms with Crippen molar-refractivity contribution in [3.63, 3.8) is 0 Å². The summed E-state index contributed by atoms with van der Waals surface area (Å²) >= 11 is 6.58. The summed E-state index contributed by atoms with van der Waals surface area (Å²) in [5, 5.41) is 3.00. The van der Waals surface area contributed by atoms with Gasteiger partial charge in [-0.15, -0.1) is 11.8 Å². The lowest BCUT2D eigenvalue weighted by Crippen LogP contribution is -2.22. The van der Waals surface area contributed by atoms with Crippen molar-refractivity contribution in [2.45, 2.75) is 20.3 Å². The molecule has 3 fully saturated rings. The number of hydrogen-bond acceptors (Lipinski definition) is 5. The molecule has 3 heterocycles. The average molecular weight is 254 g/mol. The Morgan fingerprint density at radius 3 is 2.25 bits per heavy atom. The normalized spacial score (nSPS) is 52.0. The smallest absolute Gasteiger partial charge is 0.0735 e. The van der Waals surface area contributed by atoms with Crippen molar-refractivity contribution >= 4 is 56.9 Å². The fourth-order valence-corrected chi connectivity index (χ4v) is 9.77. The molecule has 0 bridgehead atoms. The molecule has 0 amide bonds. The third kappa shape index (κ3) is 2.05. The van der Waals surface area contributed by atoms with Gasteiger partial charge >= 0.3 is 0 Å². The molecule has 3 aliphatic heterocycles. The highest BCUT2D eigenvalue weighted by Crippen LogP contribution is 2.56. The van der Waals surface area contributed by atoms with Crippen molar-refractivity contribution in [2.75, 3.05) is 17.3 Å². The first-order chi connectivity index (χ1) is 5.93. The second-order valence-corrected chi connectivity index (χ2v) is 9.95. The van der Waals surface area contributed by atoms with Crippen LogP contribution in [0.2, 0.25) is 0 Å². The van der Waals surface area contributed by atoms with E-state index in [1.807, 2.05) is 0 Å². The second kappa shape index (κ2) is 3.72. The number of rotatable bonds is 2. The van der Waals surface area contributed by atoms with Crippen LogP contribution < -0.4 is 0 Å². The zero-order chi connectivity index (χ0) is 7.97. The molecule has 0 aliphatic carbocycles. The largest absolute Gasteiger partial charge is 0.155 e. The molecule has 0 aromatic heterocycles. The summed E-state index contributed by atoms with van der Waals surface area (Å²) < 4.78 is 0.917. The molecule has 5 heteroatoms. The van der Waals surface area contributed by atoms with Crippen molar-refractivity contribution in [3.8, 4) is 0 Å². The first kappa shape index (κ1) is 9.01. The molecular weight excluding hydrogens is 244 g/mol. The summed E-state index contributed by atoms with van der Waals surface area (Å²) in [7, 11) is 4.25. The van der Waals surface area contributed by atoms with E-state index in [1.54, 1.807) is 0 Å². The van der Waals surface area contributed by atoms with Crippen molar-refractivity contribution in [1.82, 2.24) is 0 Å². The molecule has 3 rings (SSSR count). The zero-order valence-electron chi connectivity index (χ0n) is 6.47. The molecule has 3 aliphatic rings. The van der Waals surface area contributed by atoms with Gasteiger partial charge in [0, 0.05) is 33.0 Å². The van der Waals surface area contributed by atoms with E-state index in [0.29, 0.717) is 0 Å². The van der Waals surface area contributed by atoms with E-state index < -0.39 is 0 Å². The fourth-order valence-electron chi connectivity index (χ4n) is 1.24. The highest BCUT2D eigenvalue weighted by Gasteiger charge is 2.42. The van der Waals surface area contributed by atoms with Crippen LogP contribution in [-0.2, 0) is 0 Å². The third-order valence-electron chi connectivity index (χ3n) is 2.14. The Hall–Kier alpha value is 1.75. The van der Waals surface area contributed by atoms with Crippen molar-refractivity contribution < 1.29 is 0 Å². The van der Waals surface area contributed by atoms with Gasteiger partial charge in [-0.05, 0) is 0 Å². The van der Waals surface area contributed by atoms with Gasteiger partial charge in [0.05, 0.1) is 4.58 Å². The Morgan fingerprint density at radius 1 is 0.833 bits per heavy atom. The molecule has 0 saturated carbocycles. The maximum absolute atomic E-state index is 2.27. The summed E-state index contributed by atoms with van der Waals surface area (Å²) in [6.07, 6.45) is 0. The molecule has 4 unspecified atom stereocenters. The van der Waals surface area contributed by atoms with E-state index in [-0.39, 0.29) is 0 Å². The highest BCUT2D eigenvalue weighted by molar-refractivity contribution is 8.79. The minimum absolute atomic E-state index is 0.917. The monoisotopic (exact) mass is 254 g/mol. The average Bonchev–Trinajstić information content (AvgIpc) is 2.98. The Morgan fingerprint density at radius 2 is 1.58 bits per heavy atom. The van der Waals surface area contributed by atoms with Gasteiger partial charge in [-0.1, -0.05) is 21.6 Å². The Bertz CT molecular complexity index is 159. The molecule has 0 radical (unpaired) electrons. The Labute approximate surface area is 93.9 Å². The molecule has 0 aromatic rings. The van der Waals surface area contributed by atoms with Gasteiger partial charge in [-0.2, -0.15) is 23.5 Å². The quantitative estimate of drug-likeness (QED) is 0.547. The first-order valence-electron chi connectivity index (χ1n) is 4.10. The maximum Gasteiger partial charge on any atom is 0.0735 e. The van der Waals surface area contributed by atoms with Crippen molar-refractivity contribution in [2.24, 2.45) is 0 Å². The maximum atomic E-state index is 2.27. The lowest BCUT2D eigenvalue weighted by molar-refractivity contribution is 1.01. The summed E-state index contributed by atoms with van der Waals surface area (Å²) in [4.78, 5) is 0. The topological polar surface area (TPSA) is 0 Å². The molecule has 3 saturated heterocycles. The van der Waals surface area contributed by atoms with Crippen LogP contribution in [0.15, 0.2) is 0 Å². The second-order valence-electron chi connectivity index (χ2n) is 3.17. The lowest BCUT2D eigenvalue weighted by Gasteiger charge is -2.26. The van der Waals surface area contributed by atoms with Crippen molar-refractivity contribution in [3.05, 3.63) is 0 Å². The van der Waals surface area contributed by atoms with E-state index >= 15 is 0 Å². The van der Waals surface area contributed by atoms with Gasteiger partial charge in [0.25, 0.3) is 0 Å². The van der Waals surface area contributed by atoms with Crippen LogP contribution in [0.25, 0.3) is 0 Å². The third-order valence-corrected chi connectivity index (χ3v) is 9.92. The molecule has 0 N–H and O–H groups in total. The van der Waals surface area contributed by atoms with Crippen LogP contribution >= 0.6 is 56.9 Å². The van der Waals surface area contributed by atoms with Gasteiger partial charge < -0.3 is 0 Å². The molecular formula is C7H10S5. The van der Waals surface area contributed by atoms with Crippen molar-refractivity contribution in [1.29, 1.82) is 0 Å². The number of thioether (sulfide) groups is 3. The van der Waals surface area contributed by atoms with Crippen LogP contribution in [0.1, 0.15) is 0 Å². The van der Waals surface area contributed by atoms with Crippen LogP contribution in [0.3, 0.4) is 0 Å². The highest BCUT2D eigenvalue weighted by atomic mass is 33.1. The first-order valence-corrected chi connectivity index (χ1v) is 9.53. The molecule has 4 atom stereocenters. The molecule has 12 heavy (non-hydrogen) atoms. The van der Waals surface area contributed by atoms with E-state index in [9.17, 15) is 0 Å². The van der Waals surface area contributed by atoms with Gasteiger partial charge in [-0.25, -0.2) is 0 Å². The molecule has 0 spiro atoms. The molecule has 0 aromatic carbocycles. The Balaban J connectivity index is 1.58. The van der Waals surface area contributed by atoms with Crippen LogP contribution in [0.4, 0.5) is 0 Å². The van der Waals surface area contributed by atoms with E-state index in [1.165, 1.54) is 17.3 Å². The van der Waals surface area contributed by atoms with Gasteiger partial charge in [0.1, 0.15) is 0 Å². The van der Waals surface area contributed by atoms with Gasteiger partial charge in [0.15, 0.2) is 0 Å². The van der Waals surface area contributed by atoms with Crippen LogP contribution in [0.5, 0.6) is 0 Å². The number of hydrogen-bond donors (Lipinski definition) is 0. The predicted octanol–water partition coefficient (Wildman–Crippen LogP) is 3.04. The van der Waals surface area contributed by atoms with Crippen LogP contribution in [0, 0.1) is 0 Å². The Kier molecular flexibility index (Phi) is 2.79. The van der Waals surface area contributed by atoms with Crippen LogP contribution in [-0.4, -0.2) is 37.6 Å². The summed E-state index contributed by atoms with van der Waals surface area (Å²) in [6.45, 7) is 0. The SMILES string of the molecule is C1SC1C1CSSC(C2CS2)S1. The van der Waals surface area contributed by atoms with E-state index in [0.717, 1.165) is 20.3 Å². The van der Waals surface area contributed by atoms with Gasteiger partial charge in [-0.3, -0.25) is 0 Å².